The number of aromatic nitrogens is 4. The minimum atomic E-state index is -0.954. The van der Waals surface area contributed by atoms with Crippen molar-refractivity contribution in [1.29, 1.82) is 0 Å². The molecule has 0 saturated carbocycles. The van der Waals surface area contributed by atoms with Gasteiger partial charge in [-0.1, -0.05) is 12.1 Å². The third-order valence-electron chi connectivity index (χ3n) is 7.67. The van der Waals surface area contributed by atoms with E-state index in [1.54, 1.807) is 42.7 Å². The van der Waals surface area contributed by atoms with Gasteiger partial charge in [-0.3, -0.25) is 4.79 Å². The van der Waals surface area contributed by atoms with Gasteiger partial charge in [-0.15, -0.1) is 0 Å². The Morgan fingerprint density at radius 3 is 2.66 bits per heavy atom. The van der Waals surface area contributed by atoms with Crippen LogP contribution in [-0.2, 0) is 6.54 Å². The van der Waals surface area contributed by atoms with Gasteiger partial charge in [-0.25, -0.2) is 18.7 Å². The molecule has 3 aromatic heterocycles. The van der Waals surface area contributed by atoms with Crippen LogP contribution in [0.25, 0.3) is 55.2 Å². The van der Waals surface area contributed by atoms with Crippen LogP contribution in [0.5, 0.6) is 0 Å². The SMILES string of the molecule is C[C@@H](F)CNCc1ncc(-c2ccc3oc4c(F)c5ccc(-c6cnc([C@@H]7CCCN7)[nH]6)cc5cc4c(=O)c3c2)[nH]1. The predicted octanol–water partition coefficient (Wildman–Crippen LogP) is 5.89. The van der Waals surface area contributed by atoms with Crippen molar-refractivity contribution in [2.45, 2.75) is 38.5 Å². The van der Waals surface area contributed by atoms with E-state index < -0.39 is 12.0 Å². The fourth-order valence-corrected chi connectivity index (χ4v) is 5.57. The van der Waals surface area contributed by atoms with Crippen molar-refractivity contribution in [1.82, 2.24) is 30.6 Å². The van der Waals surface area contributed by atoms with Crippen LogP contribution in [0.15, 0.2) is 64.1 Å². The predicted molar refractivity (Wildman–Crippen MR) is 155 cm³/mol. The van der Waals surface area contributed by atoms with E-state index in [9.17, 15) is 9.18 Å². The fourth-order valence-electron chi connectivity index (χ4n) is 5.57. The van der Waals surface area contributed by atoms with Gasteiger partial charge in [-0.05, 0) is 62.0 Å². The first kappa shape index (κ1) is 25.6. The van der Waals surface area contributed by atoms with Gasteiger partial charge in [0.25, 0.3) is 0 Å². The molecule has 1 aliphatic rings. The molecule has 1 saturated heterocycles. The van der Waals surface area contributed by atoms with Crippen LogP contribution < -0.4 is 16.1 Å². The van der Waals surface area contributed by atoms with Crippen LogP contribution in [0, 0.1) is 5.82 Å². The summed E-state index contributed by atoms with van der Waals surface area (Å²) < 4.78 is 34.7. The van der Waals surface area contributed by atoms with E-state index in [-0.39, 0.29) is 29.0 Å². The second-order valence-electron chi connectivity index (χ2n) is 10.6. The molecule has 7 rings (SSSR count). The molecular weight excluding hydrogens is 526 g/mol. The normalized spacial score (nSPS) is 16.3. The number of nitrogens with one attached hydrogen (secondary N) is 4. The molecule has 10 heteroatoms. The molecule has 0 amide bonds. The van der Waals surface area contributed by atoms with Gasteiger partial charge in [0, 0.05) is 23.1 Å². The Bertz CT molecular complexity index is 1970. The number of hydrogen-bond acceptors (Lipinski definition) is 6. The lowest BCUT2D eigenvalue weighted by Gasteiger charge is -2.09. The topological polar surface area (TPSA) is 112 Å². The number of benzene rings is 3. The van der Waals surface area contributed by atoms with E-state index in [2.05, 4.69) is 30.6 Å². The second-order valence-corrected chi connectivity index (χ2v) is 10.6. The van der Waals surface area contributed by atoms with Crippen molar-refractivity contribution in [2.24, 2.45) is 0 Å². The molecule has 0 unspecified atom stereocenters. The fraction of sp³-hybridized carbons (Fsp3) is 0.258. The van der Waals surface area contributed by atoms with E-state index >= 15 is 4.39 Å². The van der Waals surface area contributed by atoms with Crippen molar-refractivity contribution < 1.29 is 13.2 Å². The van der Waals surface area contributed by atoms with Gasteiger partial charge in [0.2, 0.25) is 5.43 Å². The Hall–Kier alpha value is -4.41. The van der Waals surface area contributed by atoms with Gasteiger partial charge in [0.1, 0.15) is 23.4 Å². The summed E-state index contributed by atoms with van der Waals surface area (Å²) in [7, 11) is 0. The van der Waals surface area contributed by atoms with Crippen LogP contribution in [-0.4, -0.2) is 39.2 Å². The Morgan fingerprint density at radius 2 is 1.83 bits per heavy atom. The third-order valence-corrected chi connectivity index (χ3v) is 7.67. The first-order chi connectivity index (χ1) is 19.9. The summed E-state index contributed by atoms with van der Waals surface area (Å²) in [6.45, 7) is 3.08. The molecule has 41 heavy (non-hydrogen) atoms. The van der Waals surface area contributed by atoms with Crippen molar-refractivity contribution in [3.63, 3.8) is 0 Å². The standard InChI is InChI=1S/C31H28F2N6O2/c1-16(32)12-34-15-27-36-13-24(38-27)18-5-7-26-21(10-18)29(40)22-11-19-9-17(4-6-20(19)28(33)30(22)41-26)25-14-37-31(39-25)23-3-2-8-35-23/h4-7,9-11,13-14,16,23,34-35H,2-3,8,12,15H2,1H3,(H,36,38)(H,37,39)/t16-,23+/m1/s1. The number of hydrogen-bond donors (Lipinski definition) is 4. The van der Waals surface area contributed by atoms with Gasteiger partial charge in [0.05, 0.1) is 47.1 Å². The third kappa shape index (κ3) is 4.68. The van der Waals surface area contributed by atoms with Crippen molar-refractivity contribution in [3.8, 4) is 22.5 Å². The number of rotatable bonds is 7. The van der Waals surface area contributed by atoms with Gasteiger partial charge in [0.15, 0.2) is 11.4 Å². The molecule has 1 fully saturated rings. The average Bonchev–Trinajstić information content (AvgIpc) is 3.76. The van der Waals surface area contributed by atoms with E-state index in [1.165, 1.54) is 6.92 Å². The summed E-state index contributed by atoms with van der Waals surface area (Å²) in [4.78, 5) is 29.1. The first-order valence-corrected chi connectivity index (χ1v) is 13.7. The van der Waals surface area contributed by atoms with Gasteiger partial charge >= 0.3 is 0 Å². The maximum atomic E-state index is 15.7. The largest absolute Gasteiger partial charge is 0.453 e. The minimum absolute atomic E-state index is 0.0661. The van der Waals surface area contributed by atoms with Crippen molar-refractivity contribution in [2.75, 3.05) is 13.1 Å². The van der Waals surface area contributed by atoms with Crippen molar-refractivity contribution >= 4 is 32.7 Å². The Balaban J connectivity index is 1.27. The highest BCUT2D eigenvalue weighted by atomic mass is 19.1. The Kier molecular flexibility index (Phi) is 6.36. The molecule has 2 atom stereocenters. The highest BCUT2D eigenvalue weighted by molar-refractivity contribution is 6.01. The molecule has 0 aliphatic carbocycles. The number of fused-ring (bicyclic) bond motifs is 3. The monoisotopic (exact) mass is 554 g/mol. The summed E-state index contributed by atoms with van der Waals surface area (Å²) in [5.41, 5.74) is 3.04. The molecule has 6 aromatic rings. The molecular formula is C31H28F2N6O2. The quantitative estimate of drug-likeness (QED) is 0.183. The molecule has 4 N–H and O–H groups in total. The summed E-state index contributed by atoms with van der Waals surface area (Å²) in [6, 6.07) is 12.5. The van der Waals surface area contributed by atoms with Crippen LogP contribution in [0.2, 0.25) is 0 Å². The van der Waals surface area contributed by atoms with Gasteiger partial charge in [-0.2, -0.15) is 0 Å². The average molecular weight is 555 g/mol. The molecule has 208 valence electrons. The van der Waals surface area contributed by atoms with Gasteiger partial charge < -0.3 is 25.0 Å². The molecule has 0 spiro atoms. The van der Waals surface area contributed by atoms with Crippen molar-refractivity contribution in [3.05, 3.63) is 82.5 Å². The summed E-state index contributed by atoms with van der Waals surface area (Å²) in [5.74, 6) is 0.973. The van der Waals surface area contributed by atoms with E-state index in [0.717, 1.165) is 42.0 Å². The maximum Gasteiger partial charge on any atom is 0.200 e. The number of imidazole rings is 2. The van der Waals surface area contributed by atoms with Crippen LogP contribution in [0.3, 0.4) is 0 Å². The molecule has 8 nitrogen and oxygen atoms in total. The molecule has 3 aromatic carbocycles. The second kappa shape index (κ2) is 10.2. The van der Waals surface area contributed by atoms with E-state index in [1.807, 2.05) is 12.1 Å². The number of alkyl halides is 1. The zero-order chi connectivity index (χ0) is 28.1. The summed E-state index contributed by atoms with van der Waals surface area (Å²) in [6.07, 6.45) is 4.65. The lowest BCUT2D eigenvalue weighted by molar-refractivity contribution is 0.343. The molecule has 0 bridgehead atoms. The Labute approximate surface area is 233 Å². The van der Waals surface area contributed by atoms with E-state index in [0.29, 0.717) is 39.8 Å². The van der Waals surface area contributed by atoms with Crippen LogP contribution in [0.1, 0.15) is 37.5 Å². The molecule has 4 heterocycles. The highest BCUT2D eigenvalue weighted by Crippen LogP contribution is 2.32. The Morgan fingerprint density at radius 1 is 1.02 bits per heavy atom. The molecule has 0 radical (unpaired) electrons. The highest BCUT2D eigenvalue weighted by Gasteiger charge is 2.20. The zero-order valence-electron chi connectivity index (χ0n) is 22.4. The first-order valence-electron chi connectivity index (χ1n) is 13.7. The van der Waals surface area contributed by atoms with Crippen LogP contribution in [0.4, 0.5) is 8.78 Å². The maximum absolute atomic E-state index is 15.7. The van der Waals surface area contributed by atoms with Crippen LogP contribution >= 0.6 is 0 Å². The number of aromatic amines is 2. The number of H-pyrrole nitrogens is 2. The number of halogens is 2. The summed E-state index contributed by atoms with van der Waals surface area (Å²) in [5, 5.41) is 7.91. The lowest BCUT2D eigenvalue weighted by atomic mass is 10.0. The molecule has 1 aliphatic heterocycles. The lowest BCUT2D eigenvalue weighted by Crippen LogP contribution is -2.21. The number of nitrogens with zero attached hydrogens (tertiary/aromatic N) is 2. The summed E-state index contributed by atoms with van der Waals surface area (Å²) >= 11 is 0. The van der Waals surface area contributed by atoms with E-state index in [4.69, 9.17) is 4.42 Å². The zero-order valence-corrected chi connectivity index (χ0v) is 22.4. The smallest absolute Gasteiger partial charge is 0.200 e. The minimum Gasteiger partial charge on any atom is -0.453 e.